The van der Waals surface area contributed by atoms with E-state index in [9.17, 15) is 13.2 Å². The number of hydrogen-bond acceptors (Lipinski definition) is 3. The molecule has 2 aromatic rings. The van der Waals surface area contributed by atoms with Gasteiger partial charge in [0.05, 0.1) is 34.3 Å². The molecule has 0 aromatic heterocycles. The van der Waals surface area contributed by atoms with Crippen LogP contribution in [0.15, 0.2) is 48.5 Å². The van der Waals surface area contributed by atoms with Crippen molar-refractivity contribution in [1.29, 1.82) is 0 Å². The number of hydrogen-bond donors (Lipinski definition) is 0. The van der Waals surface area contributed by atoms with Crippen molar-refractivity contribution in [2.75, 3.05) is 21.3 Å². The average Bonchev–Trinajstić information content (AvgIpc) is 2.99. The van der Waals surface area contributed by atoms with Crippen LogP contribution in [0.5, 0.6) is 0 Å². The number of nitrogens with zero attached hydrogens (tertiary/aromatic N) is 2. The van der Waals surface area contributed by atoms with Crippen molar-refractivity contribution in [1.82, 2.24) is 0 Å². The maximum Gasteiger partial charge on any atom is 0.329 e. The number of aryl methyl sites for hydroxylation is 1. The van der Waals surface area contributed by atoms with Crippen molar-refractivity contribution >= 4 is 38.8 Å². The van der Waals surface area contributed by atoms with Gasteiger partial charge in [-0.25, -0.2) is 13.2 Å². The van der Waals surface area contributed by atoms with E-state index in [-0.39, 0.29) is 17.5 Å². The third-order valence-corrected chi connectivity index (χ3v) is 6.81. The number of para-hydroxylation sites is 1. The van der Waals surface area contributed by atoms with E-state index < -0.39 is 21.9 Å². The van der Waals surface area contributed by atoms with Gasteiger partial charge in [-0.15, -0.1) is 0 Å². The predicted octanol–water partition coefficient (Wildman–Crippen LogP) is 3.26. The molecule has 130 valence electrons. The van der Waals surface area contributed by atoms with E-state index in [1.165, 1.54) is 4.90 Å². The number of sulfone groups is 1. The van der Waals surface area contributed by atoms with Crippen LogP contribution in [-0.2, 0) is 9.84 Å². The Bertz CT molecular complexity index is 943. The van der Waals surface area contributed by atoms with E-state index in [0.29, 0.717) is 16.4 Å². The fourth-order valence-electron chi connectivity index (χ4n) is 3.64. The summed E-state index contributed by atoms with van der Waals surface area (Å²) < 4.78 is 24.5. The minimum Gasteiger partial charge on any atom is -0.288 e. The topological polar surface area (TPSA) is 57.7 Å². The molecule has 0 aliphatic carbocycles. The van der Waals surface area contributed by atoms with Crippen LogP contribution in [0.1, 0.15) is 5.56 Å². The minimum absolute atomic E-state index is 0.0295. The van der Waals surface area contributed by atoms with Crippen molar-refractivity contribution < 1.29 is 13.2 Å². The van der Waals surface area contributed by atoms with E-state index in [1.54, 1.807) is 29.2 Å². The molecule has 2 atom stereocenters. The lowest BCUT2D eigenvalue weighted by molar-refractivity contribution is 0.255. The Hall–Kier alpha value is -2.05. The van der Waals surface area contributed by atoms with Crippen LogP contribution in [0.4, 0.5) is 16.2 Å². The zero-order chi connectivity index (χ0) is 17.8. The Labute approximate surface area is 151 Å². The Morgan fingerprint density at radius 1 is 0.960 bits per heavy atom. The lowest BCUT2D eigenvalue weighted by Crippen LogP contribution is -2.38. The molecule has 2 aliphatic heterocycles. The summed E-state index contributed by atoms with van der Waals surface area (Å²) in [5.41, 5.74) is 2.34. The summed E-state index contributed by atoms with van der Waals surface area (Å²) in [6.07, 6.45) is 0. The molecule has 0 N–H and O–H groups in total. The monoisotopic (exact) mass is 376 g/mol. The van der Waals surface area contributed by atoms with Gasteiger partial charge in [0.15, 0.2) is 9.84 Å². The van der Waals surface area contributed by atoms with Crippen molar-refractivity contribution in [2.45, 2.75) is 19.0 Å². The van der Waals surface area contributed by atoms with Crippen LogP contribution in [0.2, 0.25) is 5.02 Å². The Morgan fingerprint density at radius 3 is 2.20 bits per heavy atom. The van der Waals surface area contributed by atoms with E-state index in [0.717, 1.165) is 5.56 Å². The molecule has 4 rings (SSSR count). The summed E-state index contributed by atoms with van der Waals surface area (Å²) in [5, 5.41) is 0.435. The zero-order valence-electron chi connectivity index (χ0n) is 13.6. The van der Waals surface area contributed by atoms with Gasteiger partial charge in [-0.3, -0.25) is 9.80 Å². The quantitative estimate of drug-likeness (QED) is 0.756. The molecule has 7 heteroatoms. The highest BCUT2D eigenvalue weighted by Crippen LogP contribution is 2.40. The van der Waals surface area contributed by atoms with Crippen molar-refractivity contribution in [3.05, 3.63) is 59.1 Å². The fraction of sp³-hybridized carbons (Fsp3) is 0.278. The summed E-state index contributed by atoms with van der Waals surface area (Å²) in [7, 11) is -3.21. The number of carbonyl (C=O) groups is 1. The molecule has 0 saturated carbocycles. The molecule has 2 heterocycles. The molecule has 0 bridgehead atoms. The smallest absolute Gasteiger partial charge is 0.288 e. The van der Waals surface area contributed by atoms with Gasteiger partial charge in [0.1, 0.15) is 0 Å². The van der Waals surface area contributed by atoms with Crippen molar-refractivity contribution in [2.24, 2.45) is 0 Å². The zero-order valence-corrected chi connectivity index (χ0v) is 15.2. The lowest BCUT2D eigenvalue weighted by Gasteiger charge is -2.23. The number of halogens is 1. The molecular formula is C18H17ClN2O3S. The first-order chi connectivity index (χ1) is 11.9. The van der Waals surface area contributed by atoms with Crippen molar-refractivity contribution in [3.8, 4) is 0 Å². The standard InChI is InChI=1S/C18H17ClN2O3S/c1-12-6-8-13(9-7-12)20-16-10-25(23,24)11-17(16)21(18(20)22)15-5-3-2-4-14(15)19/h2-9,16-17H,10-11H2,1H3/t16-,17-/m0/s1. The molecule has 0 spiro atoms. The molecule has 2 amide bonds. The summed E-state index contributed by atoms with van der Waals surface area (Å²) in [4.78, 5) is 16.3. The first-order valence-electron chi connectivity index (χ1n) is 8.01. The van der Waals surface area contributed by atoms with Gasteiger partial charge < -0.3 is 0 Å². The second-order valence-corrected chi connectivity index (χ2v) is 9.08. The van der Waals surface area contributed by atoms with Gasteiger partial charge in [0.25, 0.3) is 0 Å². The predicted molar refractivity (Wildman–Crippen MR) is 99.2 cm³/mol. The third kappa shape index (κ3) is 2.69. The fourth-order valence-corrected chi connectivity index (χ4v) is 5.79. The summed E-state index contributed by atoms with van der Waals surface area (Å²) in [5.74, 6) is -0.0742. The van der Waals surface area contributed by atoms with Crippen molar-refractivity contribution in [3.63, 3.8) is 0 Å². The van der Waals surface area contributed by atoms with Gasteiger partial charge in [0.2, 0.25) is 0 Å². The first-order valence-corrected chi connectivity index (χ1v) is 10.2. The Balaban J connectivity index is 1.83. The van der Waals surface area contributed by atoms with Gasteiger partial charge in [-0.1, -0.05) is 41.4 Å². The van der Waals surface area contributed by atoms with Gasteiger partial charge in [-0.05, 0) is 31.2 Å². The van der Waals surface area contributed by atoms with Gasteiger partial charge >= 0.3 is 6.03 Å². The molecule has 0 unspecified atom stereocenters. The molecule has 2 aromatic carbocycles. The van der Waals surface area contributed by atoms with Gasteiger partial charge in [-0.2, -0.15) is 0 Å². The number of urea groups is 1. The average molecular weight is 377 g/mol. The molecular weight excluding hydrogens is 360 g/mol. The number of benzene rings is 2. The van der Waals surface area contributed by atoms with E-state index in [4.69, 9.17) is 11.6 Å². The molecule has 2 saturated heterocycles. The highest BCUT2D eigenvalue weighted by atomic mass is 35.5. The maximum absolute atomic E-state index is 13.2. The minimum atomic E-state index is -3.21. The Morgan fingerprint density at radius 2 is 1.56 bits per heavy atom. The molecule has 0 radical (unpaired) electrons. The van der Waals surface area contributed by atoms with E-state index in [2.05, 4.69) is 0 Å². The van der Waals surface area contributed by atoms with Crippen LogP contribution in [0.3, 0.4) is 0 Å². The number of amides is 2. The summed E-state index contributed by atoms with van der Waals surface area (Å²) >= 11 is 6.28. The lowest BCUT2D eigenvalue weighted by atomic mass is 10.1. The normalized spacial score (nSPS) is 24.6. The molecule has 5 nitrogen and oxygen atoms in total. The second kappa shape index (κ2) is 5.75. The molecule has 2 fully saturated rings. The number of fused-ring (bicyclic) bond motifs is 1. The highest BCUT2D eigenvalue weighted by Gasteiger charge is 2.54. The SMILES string of the molecule is Cc1ccc(N2C(=O)N(c3ccccc3Cl)[C@H]3CS(=O)(=O)C[C@@H]32)cc1. The van der Waals surface area contributed by atoms with E-state index in [1.807, 2.05) is 31.2 Å². The van der Waals surface area contributed by atoms with Crippen LogP contribution in [0.25, 0.3) is 0 Å². The van der Waals surface area contributed by atoms with Gasteiger partial charge in [0, 0.05) is 5.69 Å². The Kier molecular flexibility index (Phi) is 3.77. The van der Waals surface area contributed by atoms with Crippen LogP contribution in [0, 0.1) is 6.92 Å². The number of rotatable bonds is 2. The second-order valence-electron chi connectivity index (χ2n) is 6.52. The summed E-state index contributed by atoms with van der Waals surface area (Å²) in [6, 6.07) is 13.5. The number of anilines is 2. The maximum atomic E-state index is 13.2. The van der Waals surface area contributed by atoms with Crippen LogP contribution in [-0.4, -0.2) is 38.0 Å². The van der Waals surface area contributed by atoms with Crippen LogP contribution < -0.4 is 9.80 Å². The largest absolute Gasteiger partial charge is 0.329 e. The first kappa shape index (κ1) is 16.4. The summed E-state index contributed by atoms with van der Waals surface area (Å²) in [6.45, 7) is 1.97. The molecule has 2 aliphatic rings. The van der Waals surface area contributed by atoms with E-state index >= 15 is 0 Å². The van der Waals surface area contributed by atoms with Crippen LogP contribution >= 0.6 is 11.6 Å². The molecule has 25 heavy (non-hydrogen) atoms. The number of carbonyl (C=O) groups excluding carboxylic acids is 1. The third-order valence-electron chi connectivity index (χ3n) is 4.79. The highest BCUT2D eigenvalue weighted by molar-refractivity contribution is 7.91.